The lowest BCUT2D eigenvalue weighted by Gasteiger charge is -2.14. The first kappa shape index (κ1) is 14.8. The maximum absolute atomic E-state index is 10.4. The molecule has 0 saturated heterocycles. The number of aliphatic hydroxyl groups is 1. The molecular formula is C17H24N2O. The van der Waals surface area contributed by atoms with Gasteiger partial charge in [0.05, 0.1) is 17.8 Å². The fourth-order valence-corrected chi connectivity index (χ4v) is 2.62. The highest BCUT2D eigenvalue weighted by Gasteiger charge is 2.14. The average molecular weight is 272 g/mol. The molecular weight excluding hydrogens is 248 g/mol. The Morgan fingerprint density at radius 1 is 1.15 bits per heavy atom. The molecule has 3 nitrogen and oxygen atoms in total. The predicted molar refractivity (Wildman–Crippen MR) is 81.7 cm³/mol. The van der Waals surface area contributed by atoms with Crippen molar-refractivity contribution < 1.29 is 5.11 Å². The number of hydrogen-bond donors (Lipinski definition) is 1. The van der Waals surface area contributed by atoms with E-state index < -0.39 is 6.10 Å². The monoisotopic (exact) mass is 272 g/mol. The van der Waals surface area contributed by atoms with Crippen LogP contribution in [0, 0.1) is 6.92 Å². The molecule has 0 fully saturated rings. The van der Waals surface area contributed by atoms with Gasteiger partial charge in [-0.15, -0.1) is 0 Å². The second-order valence-electron chi connectivity index (χ2n) is 5.33. The highest BCUT2D eigenvalue weighted by atomic mass is 16.3. The van der Waals surface area contributed by atoms with Crippen LogP contribution in [0.3, 0.4) is 0 Å². The fraction of sp³-hybridized carbons (Fsp3) is 0.471. The minimum absolute atomic E-state index is 0.458. The minimum Gasteiger partial charge on any atom is -0.388 e. The van der Waals surface area contributed by atoms with E-state index in [1.54, 1.807) is 0 Å². The second kappa shape index (κ2) is 6.71. The van der Waals surface area contributed by atoms with Crippen LogP contribution in [-0.2, 0) is 6.42 Å². The summed E-state index contributed by atoms with van der Waals surface area (Å²) in [5.74, 6) is 0. The topological polar surface area (TPSA) is 38.0 Å². The fourth-order valence-electron chi connectivity index (χ4n) is 2.62. The summed E-state index contributed by atoms with van der Waals surface area (Å²) in [5.41, 5.74) is 3.07. The van der Waals surface area contributed by atoms with Crippen LogP contribution in [0.25, 0.3) is 0 Å². The first-order valence-electron chi connectivity index (χ1n) is 7.43. The number of aryl methyl sites for hydroxylation is 1. The molecule has 0 bridgehead atoms. The van der Waals surface area contributed by atoms with E-state index in [4.69, 9.17) is 0 Å². The first-order valence-corrected chi connectivity index (χ1v) is 7.43. The third-order valence-corrected chi connectivity index (χ3v) is 3.93. The van der Waals surface area contributed by atoms with Gasteiger partial charge in [-0.2, -0.15) is 5.10 Å². The van der Waals surface area contributed by atoms with E-state index in [0.717, 1.165) is 29.7 Å². The molecule has 2 aromatic rings. The van der Waals surface area contributed by atoms with Crippen molar-refractivity contribution in [2.45, 2.75) is 52.2 Å². The van der Waals surface area contributed by atoms with Crippen LogP contribution >= 0.6 is 0 Å². The Balaban J connectivity index is 2.09. The summed E-state index contributed by atoms with van der Waals surface area (Å²) in [6.07, 6.45) is 4.27. The van der Waals surface area contributed by atoms with E-state index in [1.807, 2.05) is 48.1 Å². The number of nitrogens with zero attached hydrogens (tertiary/aromatic N) is 2. The van der Waals surface area contributed by atoms with Gasteiger partial charge in [-0.3, -0.25) is 4.68 Å². The molecule has 0 aliphatic rings. The average Bonchev–Trinajstić information content (AvgIpc) is 2.89. The number of hydrogen-bond acceptors (Lipinski definition) is 2. The van der Waals surface area contributed by atoms with Crippen LogP contribution in [0.4, 0.5) is 0 Å². The van der Waals surface area contributed by atoms with Crippen molar-refractivity contribution >= 4 is 0 Å². The lowest BCUT2D eigenvalue weighted by molar-refractivity contribution is 0.176. The Labute approximate surface area is 121 Å². The zero-order valence-corrected chi connectivity index (χ0v) is 12.6. The zero-order chi connectivity index (χ0) is 14.5. The van der Waals surface area contributed by atoms with Gasteiger partial charge in [0.25, 0.3) is 0 Å². The molecule has 0 amide bonds. The Morgan fingerprint density at radius 3 is 2.50 bits per heavy atom. The van der Waals surface area contributed by atoms with Crippen LogP contribution in [0.5, 0.6) is 0 Å². The van der Waals surface area contributed by atoms with E-state index in [9.17, 15) is 5.11 Å². The van der Waals surface area contributed by atoms with E-state index in [0.29, 0.717) is 12.5 Å². The molecule has 2 rings (SSSR count). The van der Waals surface area contributed by atoms with Gasteiger partial charge < -0.3 is 5.11 Å². The molecule has 1 heterocycles. The van der Waals surface area contributed by atoms with E-state index >= 15 is 0 Å². The lowest BCUT2D eigenvalue weighted by Crippen LogP contribution is -2.09. The van der Waals surface area contributed by atoms with Gasteiger partial charge in [-0.05, 0) is 37.0 Å². The van der Waals surface area contributed by atoms with Gasteiger partial charge in [0.15, 0.2) is 0 Å². The maximum Gasteiger partial charge on any atom is 0.0848 e. The Morgan fingerprint density at radius 2 is 1.85 bits per heavy atom. The molecule has 1 aromatic heterocycles. The van der Waals surface area contributed by atoms with E-state index in [-0.39, 0.29) is 0 Å². The van der Waals surface area contributed by atoms with Crippen molar-refractivity contribution in [1.29, 1.82) is 0 Å². The Kier molecular flexibility index (Phi) is 4.96. The summed E-state index contributed by atoms with van der Waals surface area (Å²) < 4.78 is 2.03. The number of aliphatic hydroxyl groups excluding tert-OH is 1. The molecule has 0 aliphatic heterocycles. The highest BCUT2D eigenvalue weighted by molar-refractivity contribution is 5.28. The van der Waals surface area contributed by atoms with Crippen LogP contribution in [0.2, 0.25) is 0 Å². The molecule has 0 aliphatic carbocycles. The Hall–Kier alpha value is -1.61. The van der Waals surface area contributed by atoms with Gasteiger partial charge >= 0.3 is 0 Å². The molecule has 108 valence electrons. The van der Waals surface area contributed by atoms with Gasteiger partial charge in [0, 0.05) is 12.6 Å². The summed E-state index contributed by atoms with van der Waals surface area (Å²) in [7, 11) is 0. The highest BCUT2D eigenvalue weighted by Crippen LogP contribution is 2.22. The molecule has 1 unspecified atom stereocenters. The first-order chi connectivity index (χ1) is 9.65. The standard InChI is InChI=1S/C17H24N2O/c1-4-15(5-2)19-11-10-14(18-19)12-17(20)16-9-7-6-8-13(16)3/h6-11,15,17,20H,4-5,12H2,1-3H3. The molecule has 0 saturated carbocycles. The van der Waals surface area contributed by atoms with Crippen molar-refractivity contribution in [3.63, 3.8) is 0 Å². The minimum atomic E-state index is -0.485. The summed E-state index contributed by atoms with van der Waals surface area (Å²) in [4.78, 5) is 0. The Bertz CT molecular complexity index is 543. The van der Waals surface area contributed by atoms with Crippen molar-refractivity contribution in [1.82, 2.24) is 9.78 Å². The zero-order valence-electron chi connectivity index (χ0n) is 12.6. The van der Waals surface area contributed by atoms with Crippen molar-refractivity contribution in [2.24, 2.45) is 0 Å². The second-order valence-corrected chi connectivity index (χ2v) is 5.33. The molecule has 3 heteroatoms. The van der Waals surface area contributed by atoms with Crippen LogP contribution < -0.4 is 0 Å². The maximum atomic E-state index is 10.4. The van der Waals surface area contributed by atoms with Gasteiger partial charge in [-0.25, -0.2) is 0 Å². The third-order valence-electron chi connectivity index (χ3n) is 3.93. The predicted octanol–water partition coefficient (Wildman–Crippen LogP) is 3.83. The summed E-state index contributed by atoms with van der Waals surface area (Å²) >= 11 is 0. The normalized spacial score (nSPS) is 12.8. The molecule has 1 N–H and O–H groups in total. The largest absolute Gasteiger partial charge is 0.388 e. The smallest absolute Gasteiger partial charge is 0.0848 e. The number of rotatable bonds is 6. The quantitative estimate of drug-likeness (QED) is 0.868. The van der Waals surface area contributed by atoms with Crippen LogP contribution in [0.1, 0.15) is 55.7 Å². The molecule has 1 atom stereocenters. The SMILES string of the molecule is CCC(CC)n1ccc(CC(O)c2ccccc2C)n1. The summed E-state index contributed by atoms with van der Waals surface area (Å²) in [5, 5.41) is 15.0. The molecule has 1 aromatic carbocycles. The van der Waals surface area contributed by atoms with E-state index in [2.05, 4.69) is 18.9 Å². The molecule has 0 spiro atoms. The summed E-state index contributed by atoms with van der Waals surface area (Å²) in [6, 6.07) is 10.4. The number of benzene rings is 1. The van der Waals surface area contributed by atoms with Crippen molar-refractivity contribution in [3.05, 3.63) is 53.3 Å². The van der Waals surface area contributed by atoms with Crippen molar-refractivity contribution in [2.75, 3.05) is 0 Å². The molecule has 20 heavy (non-hydrogen) atoms. The van der Waals surface area contributed by atoms with Crippen LogP contribution in [0.15, 0.2) is 36.5 Å². The number of aromatic nitrogens is 2. The molecule has 0 radical (unpaired) electrons. The van der Waals surface area contributed by atoms with Gasteiger partial charge in [0.1, 0.15) is 0 Å². The van der Waals surface area contributed by atoms with Crippen LogP contribution in [-0.4, -0.2) is 14.9 Å². The van der Waals surface area contributed by atoms with Gasteiger partial charge in [-0.1, -0.05) is 38.1 Å². The third kappa shape index (κ3) is 3.28. The van der Waals surface area contributed by atoms with Gasteiger partial charge in [0.2, 0.25) is 0 Å². The van der Waals surface area contributed by atoms with E-state index in [1.165, 1.54) is 0 Å². The summed E-state index contributed by atoms with van der Waals surface area (Å²) in [6.45, 7) is 6.39. The van der Waals surface area contributed by atoms with Crippen molar-refractivity contribution in [3.8, 4) is 0 Å². The lowest BCUT2D eigenvalue weighted by atomic mass is 10.0.